The molecule has 0 fully saturated rings. The quantitative estimate of drug-likeness (QED) is 0.630. The zero-order valence-electron chi connectivity index (χ0n) is 13.1. The summed E-state index contributed by atoms with van der Waals surface area (Å²) in [4.78, 5) is 0. The van der Waals surface area contributed by atoms with Crippen molar-refractivity contribution in [3.63, 3.8) is 0 Å². The summed E-state index contributed by atoms with van der Waals surface area (Å²) in [5.41, 5.74) is 7.70. The Hall–Kier alpha value is -2.35. The van der Waals surface area contributed by atoms with Crippen molar-refractivity contribution in [2.45, 2.75) is 13.8 Å². The van der Waals surface area contributed by atoms with E-state index in [0.29, 0.717) is 0 Å². The van der Waals surface area contributed by atoms with Gasteiger partial charge in [-0.25, -0.2) is 0 Å². The van der Waals surface area contributed by atoms with Gasteiger partial charge in [-0.15, -0.1) is 4.68 Å². The molecule has 0 N–H and O–H groups in total. The highest BCUT2D eigenvalue weighted by Crippen LogP contribution is 2.28. The topological polar surface area (TPSA) is 8.81 Å². The van der Waals surface area contributed by atoms with Crippen molar-refractivity contribution in [1.29, 1.82) is 0 Å². The van der Waals surface area contributed by atoms with Gasteiger partial charge in [0, 0.05) is 17.2 Å². The van der Waals surface area contributed by atoms with Gasteiger partial charge in [-0.05, 0) is 37.1 Å². The molecule has 21 heavy (non-hydrogen) atoms. The first-order valence-corrected chi connectivity index (χ1v) is 7.27. The van der Waals surface area contributed by atoms with Crippen molar-refractivity contribution in [2.75, 3.05) is 0 Å². The third-order valence-corrected chi connectivity index (χ3v) is 4.37. The van der Waals surface area contributed by atoms with E-state index in [9.17, 15) is 0 Å². The first-order valence-electron chi connectivity index (χ1n) is 7.27. The Labute approximate surface area is 126 Å². The third kappa shape index (κ3) is 2.27. The fourth-order valence-corrected chi connectivity index (χ4v) is 2.80. The predicted molar refractivity (Wildman–Crippen MR) is 86.9 cm³/mol. The van der Waals surface area contributed by atoms with E-state index in [-0.39, 0.29) is 0 Å². The summed E-state index contributed by atoms with van der Waals surface area (Å²) < 4.78 is 4.41. The fraction of sp³-hybridized carbons (Fsp3) is 0.211. The minimum atomic E-state index is 1.23. The minimum Gasteiger partial charge on any atom is -0.156 e. The van der Waals surface area contributed by atoms with E-state index in [4.69, 9.17) is 0 Å². The summed E-state index contributed by atoms with van der Waals surface area (Å²) in [5.74, 6) is 0. The molecule has 3 aromatic rings. The highest BCUT2D eigenvalue weighted by molar-refractivity contribution is 5.69. The van der Waals surface area contributed by atoms with Crippen LogP contribution in [0.2, 0.25) is 0 Å². The Balaban J connectivity index is 2.20. The van der Waals surface area contributed by atoms with Crippen molar-refractivity contribution in [2.24, 2.45) is 14.1 Å². The van der Waals surface area contributed by atoms with E-state index in [0.717, 1.165) is 0 Å². The molecule has 0 aliphatic heterocycles. The maximum absolute atomic E-state index is 2.27. The number of benzene rings is 2. The smallest absolute Gasteiger partial charge is 0.156 e. The molecule has 2 nitrogen and oxygen atoms in total. The van der Waals surface area contributed by atoms with Gasteiger partial charge in [-0.3, -0.25) is 0 Å². The molecule has 0 saturated carbocycles. The van der Waals surface area contributed by atoms with Gasteiger partial charge in [0.2, 0.25) is 5.69 Å². The van der Waals surface area contributed by atoms with Gasteiger partial charge >= 0.3 is 0 Å². The zero-order valence-corrected chi connectivity index (χ0v) is 13.1. The number of rotatable bonds is 2. The fourth-order valence-electron chi connectivity index (χ4n) is 2.80. The van der Waals surface area contributed by atoms with E-state index in [1.807, 2.05) is 0 Å². The van der Waals surface area contributed by atoms with Crippen LogP contribution in [0.25, 0.3) is 22.5 Å². The van der Waals surface area contributed by atoms with Gasteiger partial charge < -0.3 is 0 Å². The molecule has 0 amide bonds. The number of nitrogens with zero attached hydrogens (tertiary/aromatic N) is 2. The molecule has 1 heterocycles. The van der Waals surface area contributed by atoms with Crippen LogP contribution in [0.5, 0.6) is 0 Å². The maximum atomic E-state index is 2.27. The minimum absolute atomic E-state index is 1.23. The maximum Gasteiger partial charge on any atom is 0.238 e. The molecule has 2 aromatic carbocycles. The Morgan fingerprint density at radius 3 is 2.33 bits per heavy atom. The molecule has 0 unspecified atom stereocenters. The van der Waals surface area contributed by atoms with Gasteiger partial charge in [-0.2, -0.15) is 4.68 Å². The first kappa shape index (κ1) is 13.6. The number of hydrogen-bond acceptors (Lipinski definition) is 0. The summed E-state index contributed by atoms with van der Waals surface area (Å²) in [6.45, 7) is 4.36. The standard InChI is InChI=1S/C19H21N2/c1-14-9-8-12-17(15(14)2)19-13-18(20(3)21(19)4)16-10-6-5-7-11-16/h5-13H,1-4H3/q+1. The normalized spacial score (nSPS) is 10.9. The lowest BCUT2D eigenvalue weighted by Crippen LogP contribution is -2.39. The third-order valence-electron chi connectivity index (χ3n) is 4.37. The molecular formula is C19H21N2+. The van der Waals surface area contributed by atoms with Crippen LogP contribution in [0, 0.1) is 13.8 Å². The molecule has 0 spiro atoms. The Morgan fingerprint density at radius 1 is 0.905 bits per heavy atom. The predicted octanol–water partition coefficient (Wildman–Crippen LogP) is 3.80. The van der Waals surface area contributed by atoms with Crippen molar-refractivity contribution in [3.05, 3.63) is 65.7 Å². The molecule has 106 valence electrons. The van der Waals surface area contributed by atoms with Crippen molar-refractivity contribution < 1.29 is 4.68 Å². The summed E-state index contributed by atoms with van der Waals surface area (Å²) in [5, 5.41) is 0. The highest BCUT2D eigenvalue weighted by atomic mass is 15.4. The average molecular weight is 277 g/mol. The molecule has 3 rings (SSSR count). The monoisotopic (exact) mass is 277 g/mol. The largest absolute Gasteiger partial charge is 0.238 e. The lowest BCUT2D eigenvalue weighted by molar-refractivity contribution is -0.740. The van der Waals surface area contributed by atoms with Crippen molar-refractivity contribution in [1.82, 2.24) is 4.68 Å². The van der Waals surface area contributed by atoms with Gasteiger partial charge in [0.05, 0.1) is 7.05 Å². The summed E-state index contributed by atoms with van der Waals surface area (Å²) >= 11 is 0. The second-order valence-corrected chi connectivity index (χ2v) is 5.58. The van der Waals surface area contributed by atoms with Crippen LogP contribution in [0.4, 0.5) is 0 Å². The average Bonchev–Trinajstić information content (AvgIpc) is 2.79. The first-order chi connectivity index (χ1) is 10.1. The van der Waals surface area contributed by atoms with Gasteiger partial charge in [-0.1, -0.05) is 36.4 Å². The van der Waals surface area contributed by atoms with Crippen LogP contribution in [0.1, 0.15) is 11.1 Å². The molecule has 1 aromatic heterocycles. The molecule has 0 aliphatic rings. The number of aromatic nitrogens is 2. The van der Waals surface area contributed by atoms with E-state index in [1.54, 1.807) is 0 Å². The summed E-state index contributed by atoms with van der Waals surface area (Å²) in [6, 6.07) is 19.3. The van der Waals surface area contributed by atoms with Gasteiger partial charge in [0.15, 0.2) is 7.05 Å². The molecule has 0 aliphatic carbocycles. The summed E-state index contributed by atoms with van der Waals surface area (Å²) in [7, 11) is 4.22. The molecule has 0 atom stereocenters. The number of hydrogen-bond donors (Lipinski definition) is 0. The lowest BCUT2D eigenvalue weighted by atomic mass is 10.0. The van der Waals surface area contributed by atoms with Crippen LogP contribution in [-0.4, -0.2) is 4.68 Å². The molecule has 0 radical (unpaired) electrons. The number of aryl methyl sites for hydroxylation is 1. The summed E-state index contributed by atoms with van der Waals surface area (Å²) in [6.07, 6.45) is 0. The molecular weight excluding hydrogens is 256 g/mol. The van der Waals surface area contributed by atoms with Gasteiger partial charge in [0.1, 0.15) is 5.69 Å². The van der Waals surface area contributed by atoms with E-state index < -0.39 is 0 Å². The van der Waals surface area contributed by atoms with Gasteiger partial charge in [0.25, 0.3) is 0 Å². The van der Waals surface area contributed by atoms with Crippen LogP contribution in [-0.2, 0) is 14.1 Å². The SMILES string of the molecule is Cc1cccc(-c2cc(-c3ccccc3)[n+](C)n2C)c1C. The lowest BCUT2D eigenvalue weighted by Gasteiger charge is -2.07. The van der Waals surface area contributed by atoms with Crippen molar-refractivity contribution >= 4 is 0 Å². The molecule has 2 heteroatoms. The van der Waals surface area contributed by atoms with E-state index >= 15 is 0 Å². The Morgan fingerprint density at radius 2 is 1.62 bits per heavy atom. The molecule has 0 bridgehead atoms. The van der Waals surface area contributed by atoms with E-state index in [1.165, 1.54) is 33.6 Å². The van der Waals surface area contributed by atoms with Crippen LogP contribution in [0.15, 0.2) is 54.6 Å². The van der Waals surface area contributed by atoms with Crippen LogP contribution in [0.3, 0.4) is 0 Å². The van der Waals surface area contributed by atoms with Crippen LogP contribution >= 0.6 is 0 Å². The van der Waals surface area contributed by atoms with Crippen molar-refractivity contribution in [3.8, 4) is 22.5 Å². The second kappa shape index (κ2) is 5.21. The Kier molecular flexibility index (Phi) is 3.38. The highest BCUT2D eigenvalue weighted by Gasteiger charge is 2.20. The van der Waals surface area contributed by atoms with Crippen LogP contribution < -0.4 is 4.68 Å². The zero-order chi connectivity index (χ0) is 15.0. The Bertz CT molecular complexity index is 783. The molecule has 0 saturated heterocycles. The van der Waals surface area contributed by atoms with E-state index in [2.05, 4.69) is 91.9 Å². The second-order valence-electron chi connectivity index (χ2n) is 5.58.